The van der Waals surface area contributed by atoms with E-state index in [0.29, 0.717) is 0 Å². The monoisotopic (exact) mass is 245 g/mol. The molecule has 57 valence electrons. The molecule has 0 atom stereocenters. The Kier molecular flexibility index (Phi) is 143. The molecule has 0 aliphatic heterocycles. The molecule has 0 aliphatic carbocycles. The molecule has 10 heavy (non-hydrogen) atoms. The van der Waals surface area contributed by atoms with Crippen molar-refractivity contribution in [1.82, 2.24) is 0 Å². The molecule has 0 amide bonds. The van der Waals surface area contributed by atoms with Crippen molar-refractivity contribution in [2.45, 2.75) is 0 Å². The minimum Gasteiger partial charge on any atom is -0.103 e. The quantitative estimate of drug-likeness (QED) is 0.574. The summed E-state index contributed by atoms with van der Waals surface area (Å²) in [5.74, 6) is 0. The maximum Gasteiger partial charge on any atom is 0 e. The van der Waals surface area contributed by atoms with E-state index in [2.05, 4.69) is 40.5 Å². The third-order valence-corrected chi connectivity index (χ3v) is 0. The predicted octanol–water partition coefficient (Wildman–Crippen LogP) is 2.88. The van der Waals surface area contributed by atoms with Gasteiger partial charge in [-0.1, -0.05) is 18.2 Å². The molecule has 0 unspecified atom stereocenters. The van der Waals surface area contributed by atoms with Gasteiger partial charge in [0.25, 0.3) is 0 Å². The van der Waals surface area contributed by atoms with Crippen LogP contribution in [0.4, 0.5) is 0 Å². The fourth-order valence-electron chi connectivity index (χ4n) is 0. The van der Waals surface area contributed by atoms with Gasteiger partial charge >= 0.3 is 0 Å². The van der Waals surface area contributed by atoms with Crippen molar-refractivity contribution >= 4 is 23.9 Å². The molecule has 0 saturated carbocycles. The van der Waals surface area contributed by atoms with Crippen LogP contribution in [-0.4, -0.2) is 23.9 Å². The molecule has 1 heteroatoms. The average molecular weight is 244 g/mol. The van der Waals surface area contributed by atoms with Crippen LogP contribution in [0.1, 0.15) is 1.43 Å². The van der Waals surface area contributed by atoms with Gasteiger partial charge in [0.05, 0.1) is 0 Å². The van der Waals surface area contributed by atoms with Crippen molar-refractivity contribution in [2.75, 3.05) is 0 Å². The van der Waals surface area contributed by atoms with E-state index in [1.807, 2.05) is 0 Å². The van der Waals surface area contributed by atoms with Crippen LogP contribution < -0.4 is 0 Å². The van der Waals surface area contributed by atoms with Crippen molar-refractivity contribution in [1.29, 1.82) is 0 Å². The molecular formula is C9H17Sn. The van der Waals surface area contributed by atoms with Crippen molar-refractivity contribution in [3.8, 4) is 0 Å². The molecule has 0 aromatic rings. The number of hydrogen-bond donors (Lipinski definition) is 0. The van der Waals surface area contributed by atoms with Crippen LogP contribution in [-0.2, 0) is 0 Å². The van der Waals surface area contributed by atoms with E-state index in [-0.39, 0.29) is 25.3 Å². The molecular weight excluding hydrogens is 227 g/mol. The van der Waals surface area contributed by atoms with Gasteiger partial charge in [0.2, 0.25) is 0 Å². The van der Waals surface area contributed by atoms with Gasteiger partial charge in [0, 0.05) is 25.3 Å². The molecule has 0 heterocycles. The van der Waals surface area contributed by atoms with Crippen LogP contribution in [0, 0.1) is 20.8 Å². The van der Waals surface area contributed by atoms with E-state index in [9.17, 15) is 0 Å². The second-order valence-electron chi connectivity index (χ2n) is 0.866. The van der Waals surface area contributed by atoms with E-state index in [0.717, 1.165) is 0 Å². The summed E-state index contributed by atoms with van der Waals surface area (Å²) in [4.78, 5) is 0. The van der Waals surface area contributed by atoms with Gasteiger partial charge in [-0.2, -0.15) is 0 Å². The molecule has 0 aromatic heterocycles. The molecule has 0 nitrogen and oxygen atoms in total. The van der Waals surface area contributed by atoms with Gasteiger partial charge in [-0.25, -0.2) is 0 Å². The molecule has 0 N–H and O–H groups in total. The summed E-state index contributed by atoms with van der Waals surface area (Å²) >= 11 is 0. The standard InChI is InChI=1S/3C3H5.Sn.H2/c3*1-3-2;;/h3*3H,1-2H2;;1H. The van der Waals surface area contributed by atoms with Gasteiger partial charge in [-0.05, 0) is 20.8 Å². The topological polar surface area (TPSA) is 0 Å². The molecule has 0 saturated heterocycles. The Morgan fingerprint density at radius 2 is 0.700 bits per heavy atom. The first-order chi connectivity index (χ1) is 4.24. The van der Waals surface area contributed by atoms with E-state index in [1.54, 1.807) is 0 Å². The van der Waals surface area contributed by atoms with Gasteiger partial charge < -0.3 is 0 Å². The van der Waals surface area contributed by atoms with E-state index in [4.69, 9.17) is 0 Å². The van der Waals surface area contributed by atoms with Crippen LogP contribution >= 0.6 is 0 Å². The summed E-state index contributed by atoms with van der Waals surface area (Å²) in [5, 5.41) is 0. The molecule has 0 spiro atoms. The number of hydrogen-bond acceptors (Lipinski definition) is 0. The maximum atomic E-state index is 3.25. The van der Waals surface area contributed by atoms with Crippen molar-refractivity contribution in [3.63, 3.8) is 0 Å². The zero-order valence-electron chi connectivity index (χ0n) is 6.47. The maximum absolute atomic E-state index is 3.25. The van der Waals surface area contributed by atoms with Gasteiger partial charge in [0.15, 0.2) is 0 Å². The Morgan fingerprint density at radius 3 is 0.700 bits per heavy atom. The second-order valence-corrected chi connectivity index (χ2v) is 0.866. The summed E-state index contributed by atoms with van der Waals surface area (Å²) in [6, 6.07) is 0. The largest absolute Gasteiger partial charge is 0.103 e. The van der Waals surface area contributed by atoms with Crippen LogP contribution in [0.15, 0.2) is 38.0 Å². The summed E-state index contributed by atoms with van der Waals surface area (Å²) < 4.78 is 0. The molecule has 0 aliphatic rings. The molecule has 7 radical (unpaired) electrons. The summed E-state index contributed by atoms with van der Waals surface area (Å²) in [6.45, 7) is 19.5. The molecule has 0 aromatic carbocycles. The zero-order valence-corrected chi connectivity index (χ0v) is 9.33. The Balaban J connectivity index is -0.0000000150. The third-order valence-electron chi connectivity index (χ3n) is 0. The summed E-state index contributed by atoms with van der Waals surface area (Å²) in [7, 11) is 0. The minimum atomic E-state index is 0. The van der Waals surface area contributed by atoms with Crippen LogP contribution in [0.2, 0.25) is 0 Å². The van der Waals surface area contributed by atoms with Crippen LogP contribution in [0.3, 0.4) is 0 Å². The Hall–Kier alpha value is 0.0187. The minimum absolute atomic E-state index is 0. The first-order valence-corrected chi connectivity index (χ1v) is 2.45. The Labute approximate surface area is 84.2 Å². The number of allylic oxidation sites excluding steroid dienone is 3. The third kappa shape index (κ3) is 1130000. The van der Waals surface area contributed by atoms with Crippen molar-refractivity contribution in [3.05, 3.63) is 58.7 Å². The second kappa shape index (κ2) is 63.6. The molecule has 0 bridgehead atoms. The normalized spacial score (nSPS) is 3.90. The first kappa shape index (κ1) is 22.5. The van der Waals surface area contributed by atoms with Gasteiger partial charge in [0.1, 0.15) is 0 Å². The smallest absolute Gasteiger partial charge is 0 e. The molecule has 0 rings (SSSR count). The SMILES string of the molecule is [CH2]C=C.[CH2]C=C.[CH2]C=C.[HH].[Sn]. The molecule has 0 fully saturated rings. The number of rotatable bonds is 0. The fourth-order valence-corrected chi connectivity index (χ4v) is 0. The Morgan fingerprint density at radius 1 is 0.700 bits per heavy atom. The predicted molar refractivity (Wildman–Crippen MR) is 54.5 cm³/mol. The van der Waals surface area contributed by atoms with Crippen LogP contribution in [0.5, 0.6) is 0 Å². The van der Waals surface area contributed by atoms with E-state index < -0.39 is 0 Å². The first-order valence-electron chi connectivity index (χ1n) is 2.45. The summed E-state index contributed by atoms with van der Waals surface area (Å²) in [5.41, 5.74) is 0. The average Bonchev–Trinajstić information content (AvgIpc) is 1.70. The Bertz CT molecular complexity index is 46.3. The van der Waals surface area contributed by atoms with E-state index >= 15 is 0 Å². The zero-order chi connectivity index (χ0) is 8.12. The van der Waals surface area contributed by atoms with Gasteiger partial charge in [-0.3, -0.25) is 0 Å². The van der Waals surface area contributed by atoms with Gasteiger partial charge in [-0.15, -0.1) is 19.7 Å². The van der Waals surface area contributed by atoms with Crippen molar-refractivity contribution < 1.29 is 1.43 Å². The van der Waals surface area contributed by atoms with E-state index in [1.165, 1.54) is 18.2 Å². The van der Waals surface area contributed by atoms with Crippen LogP contribution in [0.25, 0.3) is 0 Å². The fraction of sp³-hybridized carbons (Fsp3) is 0. The van der Waals surface area contributed by atoms with Crippen molar-refractivity contribution in [2.24, 2.45) is 0 Å². The summed E-state index contributed by atoms with van der Waals surface area (Å²) in [6.07, 6.45) is 4.50.